The second-order valence-corrected chi connectivity index (χ2v) is 5.95. The minimum Gasteiger partial charge on any atom is -0.359 e. The van der Waals surface area contributed by atoms with Crippen molar-refractivity contribution in [2.75, 3.05) is 40.3 Å². The summed E-state index contributed by atoms with van der Waals surface area (Å²) in [5.74, 6) is -0.226. The topological polar surface area (TPSA) is 65.5 Å². The molecule has 1 atom stereocenters. The van der Waals surface area contributed by atoms with Gasteiger partial charge in [-0.15, -0.1) is 11.3 Å². The summed E-state index contributed by atoms with van der Waals surface area (Å²) in [5, 5.41) is 2.68. The molecule has 2 heterocycles. The summed E-state index contributed by atoms with van der Waals surface area (Å²) in [6.07, 6.45) is 0. The van der Waals surface area contributed by atoms with Crippen LogP contribution in [0, 0.1) is 12.8 Å². The number of hydrogen-bond donors (Lipinski definition) is 1. The number of hydrogen-bond acceptors (Lipinski definition) is 5. The number of carbonyl (C=O) groups excluding carboxylic acids is 2. The Bertz CT molecular complexity index is 502. The van der Waals surface area contributed by atoms with Crippen LogP contribution in [0.3, 0.4) is 0 Å². The van der Waals surface area contributed by atoms with Crippen LogP contribution < -0.4 is 5.32 Å². The second-order valence-electron chi connectivity index (χ2n) is 5.09. The molecule has 1 aliphatic heterocycles. The van der Waals surface area contributed by atoms with Crippen molar-refractivity contribution in [3.63, 3.8) is 0 Å². The number of thiazole rings is 1. The van der Waals surface area contributed by atoms with Gasteiger partial charge in [-0.05, 0) is 14.0 Å². The molecule has 0 aliphatic carbocycles. The van der Waals surface area contributed by atoms with Crippen LogP contribution in [0.25, 0.3) is 0 Å². The molecule has 1 unspecified atom stereocenters. The predicted octanol–water partition coefficient (Wildman–Crippen LogP) is 0.201. The Morgan fingerprint density at radius 1 is 1.40 bits per heavy atom. The number of nitrogens with one attached hydrogen (secondary N) is 1. The van der Waals surface area contributed by atoms with Crippen molar-refractivity contribution in [1.82, 2.24) is 20.1 Å². The van der Waals surface area contributed by atoms with Gasteiger partial charge in [-0.3, -0.25) is 9.59 Å². The van der Waals surface area contributed by atoms with Gasteiger partial charge in [0.2, 0.25) is 5.91 Å². The Labute approximate surface area is 122 Å². The molecule has 1 saturated heterocycles. The van der Waals surface area contributed by atoms with Gasteiger partial charge in [0, 0.05) is 33.2 Å². The maximum atomic E-state index is 12.5. The van der Waals surface area contributed by atoms with Crippen molar-refractivity contribution in [2.24, 2.45) is 5.92 Å². The highest BCUT2D eigenvalue weighted by molar-refractivity contribution is 7.11. The zero-order chi connectivity index (χ0) is 14.7. The molecular weight excluding hydrogens is 276 g/mol. The molecule has 1 aromatic rings. The Balaban J connectivity index is 2.16. The number of aromatic nitrogens is 1. The fraction of sp³-hybridized carbons (Fsp3) is 0.615. The molecule has 1 fully saturated rings. The van der Waals surface area contributed by atoms with E-state index in [1.807, 2.05) is 14.0 Å². The summed E-state index contributed by atoms with van der Waals surface area (Å²) in [5.41, 5.74) is 2.44. The minimum absolute atomic E-state index is 0.0161. The van der Waals surface area contributed by atoms with Gasteiger partial charge in [-0.2, -0.15) is 0 Å². The van der Waals surface area contributed by atoms with Gasteiger partial charge in [-0.25, -0.2) is 4.98 Å². The largest absolute Gasteiger partial charge is 0.359 e. The van der Waals surface area contributed by atoms with E-state index in [-0.39, 0.29) is 17.7 Å². The first kappa shape index (κ1) is 14.9. The standard InChI is InChI=1S/C13H20N4O2S/c1-9-11(20-8-15-9)13(19)17-5-4-16(3)6-10(7-17)12(18)14-2/h8,10H,4-7H2,1-3H3,(H,14,18). The van der Waals surface area contributed by atoms with Crippen LogP contribution in [0.15, 0.2) is 5.51 Å². The molecule has 1 N–H and O–H groups in total. The van der Waals surface area contributed by atoms with Gasteiger partial charge in [0.25, 0.3) is 5.91 Å². The van der Waals surface area contributed by atoms with Crippen LogP contribution in [0.1, 0.15) is 15.4 Å². The van der Waals surface area contributed by atoms with Crippen LogP contribution >= 0.6 is 11.3 Å². The van der Waals surface area contributed by atoms with Gasteiger partial charge in [0.15, 0.2) is 0 Å². The third kappa shape index (κ3) is 3.16. The number of carbonyl (C=O) groups is 2. The highest BCUT2D eigenvalue weighted by Crippen LogP contribution is 2.18. The lowest BCUT2D eigenvalue weighted by molar-refractivity contribution is -0.125. The summed E-state index contributed by atoms with van der Waals surface area (Å²) >= 11 is 1.36. The average Bonchev–Trinajstić information content (AvgIpc) is 2.76. The first-order valence-electron chi connectivity index (χ1n) is 6.62. The fourth-order valence-corrected chi connectivity index (χ4v) is 3.15. The lowest BCUT2D eigenvalue weighted by Gasteiger charge is -2.22. The normalized spacial score (nSPS) is 20.6. The summed E-state index contributed by atoms with van der Waals surface area (Å²) in [4.78, 5) is 33.1. The first-order valence-corrected chi connectivity index (χ1v) is 7.50. The highest BCUT2D eigenvalue weighted by atomic mass is 32.1. The van der Waals surface area contributed by atoms with Crippen LogP contribution in [-0.4, -0.2) is 66.9 Å². The van der Waals surface area contributed by atoms with Gasteiger partial charge < -0.3 is 15.1 Å². The van der Waals surface area contributed by atoms with E-state index in [0.29, 0.717) is 24.5 Å². The maximum absolute atomic E-state index is 12.5. The number of aryl methyl sites for hydroxylation is 1. The van der Waals surface area contributed by atoms with E-state index in [4.69, 9.17) is 0 Å². The molecular formula is C13H20N4O2S. The van der Waals surface area contributed by atoms with E-state index in [1.54, 1.807) is 17.5 Å². The molecule has 2 amide bonds. The molecule has 110 valence electrons. The number of likely N-dealkylation sites (N-methyl/N-ethyl adjacent to an activating group) is 1. The van der Waals surface area contributed by atoms with Gasteiger partial charge >= 0.3 is 0 Å². The maximum Gasteiger partial charge on any atom is 0.265 e. The van der Waals surface area contributed by atoms with E-state index in [0.717, 1.165) is 12.2 Å². The highest BCUT2D eigenvalue weighted by Gasteiger charge is 2.29. The summed E-state index contributed by atoms with van der Waals surface area (Å²) in [6.45, 7) is 4.38. The molecule has 0 aromatic carbocycles. The van der Waals surface area contributed by atoms with Crippen molar-refractivity contribution < 1.29 is 9.59 Å². The monoisotopic (exact) mass is 296 g/mol. The van der Waals surface area contributed by atoms with Crippen molar-refractivity contribution >= 4 is 23.2 Å². The van der Waals surface area contributed by atoms with E-state index < -0.39 is 0 Å². The Hall–Kier alpha value is -1.47. The lowest BCUT2D eigenvalue weighted by Crippen LogP contribution is -2.41. The summed E-state index contributed by atoms with van der Waals surface area (Å²) in [6, 6.07) is 0. The molecule has 1 aliphatic rings. The smallest absolute Gasteiger partial charge is 0.265 e. The van der Waals surface area contributed by atoms with Crippen molar-refractivity contribution in [3.05, 3.63) is 16.1 Å². The molecule has 0 radical (unpaired) electrons. The van der Waals surface area contributed by atoms with Crippen molar-refractivity contribution in [1.29, 1.82) is 0 Å². The average molecular weight is 296 g/mol. The van der Waals surface area contributed by atoms with E-state index in [2.05, 4.69) is 15.2 Å². The Morgan fingerprint density at radius 3 is 2.75 bits per heavy atom. The molecule has 7 heteroatoms. The van der Waals surface area contributed by atoms with Crippen LogP contribution in [-0.2, 0) is 4.79 Å². The molecule has 2 rings (SSSR count). The molecule has 1 aromatic heterocycles. The van der Waals surface area contributed by atoms with E-state index >= 15 is 0 Å². The minimum atomic E-state index is -0.190. The van der Waals surface area contributed by atoms with Gasteiger partial charge in [-0.1, -0.05) is 0 Å². The summed E-state index contributed by atoms with van der Waals surface area (Å²) in [7, 11) is 3.61. The first-order chi connectivity index (χ1) is 9.52. The molecule has 0 saturated carbocycles. The lowest BCUT2D eigenvalue weighted by atomic mass is 10.1. The van der Waals surface area contributed by atoms with E-state index in [9.17, 15) is 9.59 Å². The van der Waals surface area contributed by atoms with E-state index in [1.165, 1.54) is 11.3 Å². The second kappa shape index (κ2) is 6.32. The Kier molecular flexibility index (Phi) is 4.72. The quantitative estimate of drug-likeness (QED) is 0.847. The van der Waals surface area contributed by atoms with Crippen LogP contribution in [0.5, 0.6) is 0 Å². The number of rotatable bonds is 2. The zero-order valence-corrected chi connectivity index (χ0v) is 12.9. The number of amides is 2. The number of nitrogens with zero attached hydrogens (tertiary/aromatic N) is 3. The van der Waals surface area contributed by atoms with Crippen molar-refractivity contribution in [3.8, 4) is 0 Å². The summed E-state index contributed by atoms with van der Waals surface area (Å²) < 4.78 is 0. The van der Waals surface area contributed by atoms with Crippen molar-refractivity contribution in [2.45, 2.75) is 6.92 Å². The van der Waals surface area contributed by atoms with Gasteiger partial charge in [0.1, 0.15) is 4.88 Å². The molecule has 0 bridgehead atoms. The third-order valence-corrected chi connectivity index (χ3v) is 4.49. The zero-order valence-electron chi connectivity index (χ0n) is 12.0. The Morgan fingerprint density at radius 2 is 2.15 bits per heavy atom. The molecule has 20 heavy (non-hydrogen) atoms. The molecule has 6 nitrogen and oxygen atoms in total. The third-order valence-electron chi connectivity index (χ3n) is 3.57. The molecule has 0 spiro atoms. The van der Waals surface area contributed by atoms with Gasteiger partial charge in [0.05, 0.1) is 17.1 Å². The van der Waals surface area contributed by atoms with Crippen LogP contribution in [0.4, 0.5) is 0 Å². The fourth-order valence-electron chi connectivity index (χ4n) is 2.38. The van der Waals surface area contributed by atoms with Crippen LogP contribution in [0.2, 0.25) is 0 Å². The SMILES string of the molecule is CNC(=O)C1CN(C)CCN(C(=O)c2scnc2C)C1. The predicted molar refractivity (Wildman–Crippen MR) is 77.8 cm³/mol.